The van der Waals surface area contributed by atoms with Crippen LogP contribution in [0.1, 0.15) is 0 Å². The molecule has 0 aliphatic heterocycles. The number of hydrogen-bond acceptors (Lipinski definition) is 5. The lowest BCUT2D eigenvalue weighted by molar-refractivity contribution is -0.141. The quantitative estimate of drug-likeness (QED) is 0.739. The zero-order chi connectivity index (χ0) is 15.1. The summed E-state index contributed by atoms with van der Waals surface area (Å²) in [5, 5.41) is 3.13. The lowest BCUT2D eigenvalue weighted by atomic mass is 10.3. The third kappa shape index (κ3) is 5.70. The maximum absolute atomic E-state index is 11.7. The molecule has 0 bridgehead atoms. The molecule has 0 radical (unpaired) electrons. The van der Waals surface area contributed by atoms with Crippen LogP contribution in [0.25, 0.3) is 0 Å². The number of rotatable bonds is 6. The van der Waals surface area contributed by atoms with Crippen molar-refractivity contribution in [3.8, 4) is 0 Å². The van der Waals surface area contributed by atoms with E-state index in [2.05, 4.69) is 26.0 Å². The highest BCUT2D eigenvalue weighted by molar-refractivity contribution is 9.10. The van der Waals surface area contributed by atoms with Crippen LogP contribution in [-0.4, -0.2) is 36.5 Å². The number of anilines is 1. The molecule has 0 aromatic heterocycles. The standard InChI is InChI=1S/C12H14BrClN2O3S/c1-19-12(18)9(15)5-20-6-11(17)16-10-3-2-7(13)4-8(10)14/h2-4,9H,5-6,15H2,1H3,(H,16,17). The van der Waals surface area contributed by atoms with Gasteiger partial charge < -0.3 is 15.8 Å². The summed E-state index contributed by atoms with van der Waals surface area (Å²) in [6.45, 7) is 0. The molecule has 0 aliphatic carbocycles. The molecule has 1 atom stereocenters. The van der Waals surface area contributed by atoms with E-state index in [-0.39, 0.29) is 11.7 Å². The predicted octanol–water partition coefficient (Wildman–Crippen LogP) is 2.27. The van der Waals surface area contributed by atoms with Gasteiger partial charge in [-0.3, -0.25) is 9.59 Å². The van der Waals surface area contributed by atoms with E-state index >= 15 is 0 Å². The minimum atomic E-state index is -0.728. The normalized spacial score (nSPS) is 11.8. The number of halogens is 2. The minimum absolute atomic E-state index is 0.178. The number of nitrogens with two attached hydrogens (primary N) is 1. The zero-order valence-electron chi connectivity index (χ0n) is 10.7. The smallest absolute Gasteiger partial charge is 0.323 e. The number of benzene rings is 1. The van der Waals surface area contributed by atoms with Crippen molar-refractivity contribution >= 4 is 56.9 Å². The van der Waals surface area contributed by atoms with Gasteiger partial charge in [-0.25, -0.2) is 0 Å². The largest absolute Gasteiger partial charge is 0.468 e. The maximum Gasteiger partial charge on any atom is 0.323 e. The van der Waals surface area contributed by atoms with Crippen LogP contribution in [0.15, 0.2) is 22.7 Å². The molecule has 8 heteroatoms. The SMILES string of the molecule is COC(=O)C(N)CSCC(=O)Nc1ccc(Br)cc1Cl. The zero-order valence-corrected chi connectivity index (χ0v) is 13.8. The first-order chi connectivity index (χ1) is 9.43. The first-order valence-electron chi connectivity index (χ1n) is 5.60. The second-order valence-electron chi connectivity index (χ2n) is 3.82. The molecule has 1 aromatic rings. The Bertz CT molecular complexity index is 502. The average molecular weight is 382 g/mol. The Morgan fingerprint density at radius 1 is 1.55 bits per heavy atom. The molecular weight excluding hydrogens is 368 g/mol. The van der Waals surface area contributed by atoms with Crippen molar-refractivity contribution in [3.05, 3.63) is 27.7 Å². The number of thioether (sulfide) groups is 1. The highest BCUT2D eigenvalue weighted by Crippen LogP contribution is 2.25. The summed E-state index contributed by atoms with van der Waals surface area (Å²) >= 11 is 10.5. The van der Waals surface area contributed by atoms with Crippen molar-refractivity contribution in [2.24, 2.45) is 5.73 Å². The summed E-state index contributed by atoms with van der Waals surface area (Å²) in [5.41, 5.74) is 6.09. The first kappa shape index (κ1) is 17.3. The van der Waals surface area contributed by atoms with E-state index in [1.165, 1.54) is 18.9 Å². The molecular formula is C12H14BrClN2O3S. The van der Waals surface area contributed by atoms with Crippen LogP contribution in [0, 0.1) is 0 Å². The van der Waals surface area contributed by atoms with E-state index in [4.69, 9.17) is 17.3 Å². The summed E-state index contributed by atoms with van der Waals surface area (Å²) in [4.78, 5) is 22.8. The van der Waals surface area contributed by atoms with E-state index < -0.39 is 12.0 Å². The van der Waals surface area contributed by atoms with Crippen LogP contribution < -0.4 is 11.1 Å². The van der Waals surface area contributed by atoms with Crippen LogP contribution in [0.2, 0.25) is 5.02 Å². The Kier molecular flexibility index (Phi) is 7.36. The molecule has 1 aromatic carbocycles. The summed E-state index contributed by atoms with van der Waals surface area (Å²) in [6, 6.07) is 4.45. The third-order valence-electron chi connectivity index (χ3n) is 2.24. The van der Waals surface area contributed by atoms with E-state index in [0.717, 1.165) is 4.47 Å². The fraction of sp³-hybridized carbons (Fsp3) is 0.333. The Morgan fingerprint density at radius 3 is 2.85 bits per heavy atom. The molecule has 0 spiro atoms. The molecule has 1 amide bonds. The van der Waals surface area contributed by atoms with Gasteiger partial charge in [0.05, 0.1) is 23.6 Å². The molecule has 3 N–H and O–H groups in total. The van der Waals surface area contributed by atoms with E-state index in [9.17, 15) is 9.59 Å². The number of hydrogen-bond donors (Lipinski definition) is 2. The number of carbonyl (C=O) groups is 2. The highest BCUT2D eigenvalue weighted by atomic mass is 79.9. The molecule has 1 unspecified atom stereocenters. The molecule has 20 heavy (non-hydrogen) atoms. The van der Waals surface area contributed by atoms with Crippen molar-refractivity contribution in [1.82, 2.24) is 0 Å². The molecule has 0 aliphatic rings. The predicted molar refractivity (Wildman–Crippen MR) is 85.1 cm³/mol. The maximum atomic E-state index is 11.7. The van der Waals surface area contributed by atoms with Gasteiger partial charge in [0, 0.05) is 10.2 Å². The third-order valence-corrected chi connectivity index (χ3v) is 4.11. The lowest BCUT2D eigenvalue weighted by Gasteiger charge is -2.09. The number of methoxy groups -OCH3 is 1. The molecule has 0 heterocycles. The van der Waals surface area contributed by atoms with Gasteiger partial charge in [-0.2, -0.15) is 0 Å². The second kappa shape index (κ2) is 8.51. The number of ether oxygens (including phenoxy) is 1. The van der Waals surface area contributed by atoms with Gasteiger partial charge in [0.15, 0.2) is 0 Å². The molecule has 110 valence electrons. The summed E-state index contributed by atoms with van der Waals surface area (Å²) in [7, 11) is 1.27. The van der Waals surface area contributed by atoms with Crippen molar-refractivity contribution in [2.45, 2.75) is 6.04 Å². The van der Waals surface area contributed by atoms with Crippen LogP contribution in [0.4, 0.5) is 5.69 Å². The van der Waals surface area contributed by atoms with E-state index in [1.807, 2.05) is 0 Å². The molecule has 5 nitrogen and oxygen atoms in total. The van der Waals surface area contributed by atoms with Gasteiger partial charge >= 0.3 is 5.97 Å². The van der Waals surface area contributed by atoms with Gasteiger partial charge in [-0.1, -0.05) is 27.5 Å². The molecule has 0 fully saturated rings. The van der Waals surface area contributed by atoms with Gasteiger partial charge in [0.2, 0.25) is 5.91 Å². The molecule has 0 saturated carbocycles. The molecule has 1 rings (SSSR count). The Labute approximate surface area is 134 Å². The Balaban J connectivity index is 2.39. The van der Waals surface area contributed by atoms with Gasteiger partial charge in [-0.05, 0) is 18.2 Å². The van der Waals surface area contributed by atoms with Crippen molar-refractivity contribution in [1.29, 1.82) is 0 Å². The number of esters is 1. The summed E-state index contributed by atoms with van der Waals surface area (Å²) in [5.74, 6) is -0.212. The molecule has 0 saturated heterocycles. The Hall–Kier alpha value is -0.760. The van der Waals surface area contributed by atoms with Crippen LogP contribution in [-0.2, 0) is 14.3 Å². The second-order valence-corrected chi connectivity index (χ2v) is 6.17. The number of nitrogens with one attached hydrogen (secondary N) is 1. The first-order valence-corrected chi connectivity index (χ1v) is 7.92. The fourth-order valence-corrected chi connectivity index (χ4v) is 2.76. The minimum Gasteiger partial charge on any atom is -0.468 e. The van der Waals surface area contributed by atoms with Crippen LogP contribution >= 0.6 is 39.3 Å². The van der Waals surface area contributed by atoms with Gasteiger partial charge in [-0.15, -0.1) is 11.8 Å². The van der Waals surface area contributed by atoms with E-state index in [0.29, 0.717) is 16.5 Å². The lowest BCUT2D eigenvalue weighted by Crippen LogP contribution is -2.34. The summed E-state index contributed by atoms with van der Waals surface area (Å²) < 4.78 is 5.32. The summed E-state index contributed by atoms with van der Waals surface area (Å²) in [6.07, 6.45) is 0. The van der Waals surface area contributed by atoms with Crippen molar-refractivity contribution in [2.75, 3.05) is 23.9 Å². The monoisotopic (exact) mass is 380 g/mol. The number of amides is 1. The van der Waals surface area contributed by atoms with Gasteiger partial charge in [0.1, 0.15) is 6.04 Å². The van der Waals surface area contributed by atoms with Crippen LogP contribution in [0.5, 0.6) is 0 Å². The van der Waals surface area contributed by atoms with Crippen LogP contribution in [0.3, 0.4) is 0 Å². The van der Waals surface area contributed by atoms with Gasteiger partial charge in [0.25, 0.3) is 0 Å². The Morgan fingerprint density at radius 2 is 2.25 bits per heavy atom. The topological polar surface area (TPSA) is 81.4 Å². The van der Waals surface area contributed by atoms with Crippen molar-refractivity contribution < 1.29 is 14.3 Å². The highest BCUT2D eigenvalue weighted by Gasteiger charge is 2.14. The fourth-order valence-electron chi connectivity index (χ4n) is 1.28. The average Bonchev–Trinajstić information content (AvgIpc) is 2.41. The van der Waals surface area contributed by atoms with Crippen molar-refractivity contribution in [3.63, 3.8) is 0 Å². The number of carbonyl (C=O) groups excluding carboxylic acids is 2. The van der Waals surface area contributed by atoms with E-state index in [1.54, 1.807) is 18.2 Å².